The quantitative estimate of drug-likeness (QED) is 0.678. The fourth-order valence-electron chi connectivity index (χ4n) is 1.62. The van der Waals surface area contributed by atoms with Crippen LogP contribution in [0, 0.1) is 0 Å². The lowest BCUT2D eigenvalue weighted by Gasteiger charge is -1.96. The van der Waals surface area contributed by atoms with E-state index in [2.05, 4.69) is 32.0 Å². The molecule has 0 aliphatic heterocycles. The van der Waals surface area contributed by atoms with E-state index in [-0.39, 0.29) is 0 Å². The first-order chi connectivity index (χ1) is 6.35. The number of hydrogen-bond acceptors (Lipinski definition) is 1. The zero-order valence-corrected chi connectivity index (χ0v) is 8.13. The van der Waals surface area contributed by atoms with Gasteiger partial charge in [-0.3, -0.25) is 0 Å². The number of hydrogen-bond donors (Lipinski definition) is 0. The molecule has 0 spiro atoms. The highest BCUT2D eigenvalue weighted by atomic mass is 16.3. The molecule has 0 saturated heterocycles. The van der Waals surface area contributed by atoms with Crippen molar-refractivity contribution in [3.63, 3.8) is 0 Å². The van der Waals surface area contributed by atoms with Crippen LogP contribution in [0.1, 0.15) is 25.0 Å². The van der Waals surface area contributed by atoms with Crippen LogP contribution < -0.4 is 0 Å². The summed E-state index contributed by atoms with van der Waals surface area (Å²) in [6.45, 7) is 4.33. The average molecular weight is 174 g/mol. The largest absolute Gasteiger partial charge is 0.464 e. The summed E-state index contributed by atoms with van der Waals surface area (Å²) in [5.74, 6) is 0. The molecule has 0 saturated carbocycles. The summed E-state index contributed by atoms with van der Waals surface area (Å²) in [6.07, 6.45) is 3.99. The Balaban J connectivity index is 2.64. The second kappa shape index (κ2) is 3.25. The van der Waals surface area contributed by atoms with Crippen molar-refractivity contribution in [2.75, 3.05) is 0 Å². The molecular formula is C12H14O. The van der Waals surface area contributed by atoms with E-state index in [0.29, 0.717) is 0 Å². The summed E-state index contributed by atoms with van der Waals surface area (Å²) in [4.78, 5) is 0. The van der Waals surface area contributed by atoms with Gasteiger partial charge in [-0.05, 0) is 36.1 Å². The van der Waals surface area contributed by atoms with Crippen molar-refractivity contribution < 1.29 is 4.42 Å². The van der Waals surface area contributed by atoms with Crippen molar-refractivity contribution >= 4 is 11.0 Å². The molecule has 1 aromatic carbocycles. The molecule has 13 heavy (non-hydrogen) atoms. The van der Waals surface area contributed by atoms with Gasteiger partial charge in [-0.15, -0.1) is 0 Å². The minimum Gasteiger partial charge on any atom is -0.464 e. The Hall–Kier alpha value is -1.24. The van der Waals surface area contributed by atoms with E-state index in [0.717, 1.165) is 18.4 Å². The topological polar surface area (TPSA) is 13.1 Å². The number of benzene rings is 1. The Morgan fingerprint density at radius 2 is 2.00 bits per heavy atom. The van der Waals surface area contributed by atoms with Gasteiger partial charge < -0.3 is 4.42 Å². The minimum atomic E-state index is 1.01. The standard InChI is InChI=1S/C12H14O/c1-3-9-5-6-12-11(7-9)10(4-2)8-13-12/h5-8H,3-4H2,1-2H3. The van der Waals surface area contributed by atoms with Crippen molar-refractivity contribution in [3.8, 4) is 0 Å². The Morgan fingerprint density at radius 1 is 1.15 bits per heavy atom. The molecule has 0 atom stereocenters. The van der Waals surface area contributed by atoms with E-state index in [1.807, 2.05) is 6.26 Å². The van der Waals surface area contributed by atoms with Crippen LogP contribution in [0.4, 0.5) is 0 Å². The molecule has 0 aliphatic rings. The van der Waals surface area contributed by atoms with Gasteiger partial charge in [0.25, 0.3) is 0 Å². The normalized spacial score (nSPS) is 10.9. The van der Waals surface area contributed by atoms with Gasteiger partial charge in [0.05, 0.1) is 6.26 Å². The Labute approximate surface area is 78.4 Å². The molecule has 0 bridgehead atoms. The van der Waals surface area contributed by atoms with Crippen LogP contribution in [0.25, 0.3) is 11.0 Å². The molecule has 0 fully saturated rings. The van der Waals surface area contributed by atoms with Crippen LogP contribution >= 0.6 is 0 Å². The molecule has 2 aromatic rings. The number of furan rings is 1. The molecule has 2 rings (SSSR count). The Kier molecular flexibility index (Phi) is 2.09. The number of aryl methyl sites for hydroxylation is 2. The van der Waals surface area contributed by atoms with Crippen LogP contribution in [-0.2, 0) is 12.8 Å². The maximum Gasteiger partial charge on any atom is 0.134 e. The molecule has 0 amide bonds. The fraction of sp³-hybridized carbons (Fsp3) is 0.333. The van der Waals surface area contributed by atoms with E-state index in [1.165, 1.54) is 16.5 Å². The summed E-state index contributed by atoms with van der Waals surface area (Å²) in [6, 6.07) is 6.43. The van der Waals surface area contributed by atoms with E-state index < -0.39 is 0 Å². The van der Waals surface area contributed by atoms with E-state index in [1.54, 1.807) is 0 Å². The van der Waals surface area contributed by atoms with Crippen molar-refractivity contribution in [2.24, 2.45) is 0 Å². The molecular weight excluding hydrogens is 160 g/mol. The summed E-state index contributed by atoms with van der Waals surface area (Å²) in [5.41, 5.74) is 3.70. The molecule has 0 aliphatic carbocycles. The Morgan fingerprint density at radius 3 is 2.69 bits per heavy atom. The van der Waals surface area contributed by atoms with Gasteiger partial charge >= 0.3 is 0 Å². The highest BCUT2D eigenvalue weighted by molar-refractivity contribution is 5.81. The zero-order chi connectivity index (χ0) is 9.26. The van der Waals surface area contributed by atoms with Crippen LogP contribution in [-0.4, -0.2) is 0 Å². The molecule has 68 valence electrons. The van der Waals surface area contributed by atoms with Crippen LogP contribution in [0.15, 0.2) is 28.9 Å². The van der Waals surface area contributed by atoms with Crippen LogP contribution in [0.2, 0.25) is 0 Å². The van der Waals surface area contributed by atoms with Crippen LogP contribution in [0.3, 0.4) is 0 Å². The van der Waals surface area contributed by atoms with Gasteiger partial charge in [0.2, 0.25) is 0 Å². The fourth-order valence-corrected chi connectivity index (χ4v) is 1.62. The van der Waals surface area contributed by atoms with Gasteiger partial charge in [0, 0.05) is 5.39 Å². The molecule has 0 N–H and O–H groups in total. The highest BCUT2D eigenvalue weighted by Gasteiger charge is 2.03. The lowest BCUT2D eigenvalue weighted by atomic mass is 10.1. The molecule has 0 radical (unpaired) electrons. The summed E-state index contributed by atoms with van der Waals surface area (Å²) < 4.78 is 5.44. The van der Waals surface area contributed by atoms with E-state index in [4.69, 9.17) is 4.42 Å². The van der Waals surface area contributed by atoms with Crippen molar-refractivity contribution in [1.29, 1.82) is 0 Å². The van der Waals surface area contributed by atoms with E-state index in [9.17, 15) is 0 Å². The maximum absolute atomic E-state index is 5.44. The number of fused-ring (bicyclic) bond motifs is 1. The smallest absolute Gasteiger partial charge is 0.134 e. The van der Waals surface area contributed by atoms with Gasteiger partial charge in [-0.1, -0.05) is 19.9 Å². The third-order valence-electron chi connectivity index (χ3n) is 2.51. The predicted octanol–water partition coefficient (Wildman–Crippen LogP) is 3.56. The first-order valence-corrected chi connectivity index (χ1v) is 4.84. The van der Waals surface area contributed by atoms with Gasteiger partial charge in [0.15, 0.2) is 0 Å². The maximum atomic E-state index is 5.44. The highest BCUT2D eigenvalue weighted by Crippen LogP contribution is 2.22. The van der Waals surface area contributed by atoms with Crippen molar-refractivity contribution in [3.05, 3.63) is 35.6 Å². The van der Waals surface area contributed by atoms with Crippen molar-refractivity contribution in [1.82, 2.24) is 0 Å². The first-order valence-electron chi connectivity index (χ1n) is 4.84. The lowest BCUT2D eigenvalue weighted by molar-refractivity contribution is 0.611. The average Bonchev–Trinajstić information content (AvgIpc) is 2.59. The second-order valence-corrected chi connectivity index (χ2v) is 3.30. The molecule has 1 aromatic heterocycles. The summed E-state index contributed by atoms with van der Waals surface area (Å²) in [5, 5.41) is 1.28. The van der Waals surface area contributed by atoms with Crippen LogP contribution in [0.5, 0.6) is 0 Å². The molecule has 1 heterocycles. The zero-order valence-electron chi connectivity index (χ0n) is 8.13. The summed E-state index contributed by atoms with van der Waals surface area (Å²) in [7, 11) is 0. The Bertz CT molecular complexity index is 412. The van der Waals surface area contributed by atoms with Gasteiger partial charge in [-0.25, -0.2) is 0 Å². The van der Waals surface area contributed by atoms with E-state index >= 15 is 0 Å². The lowest BCUT2D eigenvalue weighted by Crippen LogP contribution is -1.80. The first kappa shape index (κ1) is 8.36. The second-order valence-electron chi connectivity index (χ2n) is 3.30. The SMILES string of the molecule is CCc1ccc2occ(CC)c2c1. The molecule has 0 unspecified atom stereocenters. The minimum absolute atomic E-state index is 1.01. The predicted molar refractivity (Wildman–Crippen MR) is 55.0 cm³/mol. The molecule has 1 nitrogen and oxygen atoms in total. The number of rotatable bonds is 2. The third kappa shape index (κ3) is 1.35. The van der Waals surface area contributed by atoms with Gasteiger partial charge in [-0.2, -0.15) is 0 Å². The molecule has 1 heteroatoms. The van der Waals surface area contributed by atoms with Crippen molar-refractivity contribution in [2.45, 2.75) is 26.7 Å². The monoisotopic (exact) mass is 174 g/mol. The summed E-state index contributed by atoms with van der Waals surface area (Å²) >= 11 is 0. The van der Waals surface area contributed by atoms with Gasteiger partial charge in [0.1, 0.15) is 5.58 Å². The third-order valence-corrected chi connectivity index (χ3v) is 2.51.